The third-order valence-corrected chi connectivity index (χ3v) is 2.72. The van der Waals surface area contributed by atoms with Crippen LogP contribution in [0.2, 0.25) is 0 Å². The molecule has 72 valence electrons. The van der Waals surface area contributed by atoms with E-state index in [-0.39, 0.29) is 5.82 Å². The molecule has 0 heterocycles. The van der Waals surface area contributed by atoms with E-state index < -0.39 is 0 Å². The maximum Gasteiger partial charge on any atom is 0.126 e. The Labute approximate surface area is 82.5 Å². The number of nitrogens with two attached hydrogens (primary N) is 1. The minimum atomic E-state index is -0.251. The largest absolute Gasteiger partial charge is 0.399 e. The molecule has 1 rings (SSSR count). The first kappa shape index (κ1) is 10.4. The summed E-state index contributed by atoms with van der Waals surface area (Å²) in [6.07, 6.45) is 2.32. The highest BCUT2D eigenvalue weighted by Gasteiger charge is 1.98. The molecule has 0 saturated heterocycles. The quantitative estimate of drug-likeness (QED) is 0.457. The number of thioether (sulfide) groups is 1. The summed E-state index contributed by atoms with van der Waals surface area (Å²) < 4.78 is 12.8. The van der Waals surface area contributed by atoms with E-state index in [9.17, 15) is 4.39 Å². The van der Waals surface area contributed by atoms with E-state index in [1.165, 1.54) is 12.1 Å². The molecule has 3 heteroatoms. The van der Waals surface area contributed by atoms with Gasteiger partial charge in [-0.05, 0) is 30.4 Å². The average molecular weight is 199 g/mol. The van der Waals surface area contributed by atoms with E-state index in [2.05, 4.69) is 6.92 Å². The molecule has 0 aliphatic heterocycles. The van der Waals surface area contributed by atoms with Crippen molar-refractivity contribution in [1.82, 2.24) is 0 Å². The zero-order chi connectivity index (χ0) is 9.68. The summed E-state index contributed by atoms with van der Waals surface area (Å²) in [5.41, 5.74) is 6.01. The van der Waals surface area contributed by atoms with E-state index in [1.54, 1.807) is 11.8 Å². The van der Waals surface area contributed by atoms with Crippen LogP contribution in [0.25, 0.3) is 0 Å². The molecule has 0 amide bonds. The van der Waals surface area contributed by atoms with Crippen molar-refractivity contribution in [2.75, 3.05) is 11.5 Å². The molecule has 0 atom stereocenters. The van der Waals surface area contributed by atoms with Crippen molar-refractivity contribution in [2.24, 2.45) is 0 Å². The van der Waals surface area contributed by atoms with Gasteiger partial charge >= 0.3 is 0 Å². The molecule has 0 bridgehead atoms. The van der Waals surface area contributed by atoms with Gasteiger partial charge in [0.1, 0.15) is 5.82 Å². The van der Waals surface area contributed by atoms with Gasteiger partial charge in [-0.2, -0.15) is 0 Å². The van der Waals surface area contributed by atoms with Crippen molar-refractivity contribution < 1.29 is 4.39 Å². The molecular weight excluding hydrogens is 185 g/mol. The molecule has 0 unspecified atom stereocenters. The zero-order valence-electron chi connectivity index (χ0n) is 7.72. The summed E-state index contributed by atoms with van der Waals surface area (Å²) in [5, 5.41) is 0. The van der Waals surface area contributed by atoms with Gasteiger partial charge in [0.2, 0.25) is 0 Å². The first-order chi connectivity index (χ1) is 6.22. The van der Waals surface area contributed by atoms with Crippen LogP contribution in [0.5, 0.6) is 0 Å². The Morgan fingerprint density at radius 3 is 2.77 bits per heavy atom. The molecule has 0 spiro atoms. The SMILES string of the molecule is CCCCSc1cc(N)cc(F)c1. The van der Waals surface area contributed by atoms with Gasteiger partial charge in [0, 0.05) is 10.6 Å². The van der Waals surface area contributed by atoms with Gasteiger partial charge in [0.05, 0.1) is 0 Å². The molecule has 1 aromatic carbocycles. The van der Waals surface area contributed by atoms with E-state index in [4.69, 9.17) is 5.73 Å². The van der Waals surface area contributed by atoms with Gasteiger partial charge in [-0.3, -0.25) is 0 Å². The Kier molecular flexibility index (Phi) is 4.09. The Morgan fingerprint density at radius 2 is 2.15 bits per heavy atom. The Balaban J connectivity index is 2.56. The molecule has 0 aliphatic rings. The molecule has 0 radical (unpaired) electrons. The van der Waals surface area contributed by atoms with Crippen LogP contribution in [0.3, 0.4) is 0 Å². The highest BCUT2D eigenvalue weighted by Crippen LogP contribution is 2.22. The van der Waals surface area contributed by atoms with Crippen LogP contribution < -0.4 is 5.73 Å². The number of hydrogen-bond donors (Lipinski definition) is 1. The third-order valence-electron chi connectivity index (χ3n) is 1.66. The van der Waals surface area contributed by atoms with Crippen molar-refractivity contribution in [1.29, 1.82) is 0 Å². The van der Waals surface area contributed by atoms with Crippen molar-refractivity contribution >= 4 is 17.4 Å². The van der Waals surface area contributed by atoms with E-state index in [0.717, 1.165) is 23.5 Å². The normalized spacial score (nSPS) is 10.3. The Bertz CT molecular complexity index is 255. The number of unbranched alkanes of at least 4 members (excludes halogenated alkanes) is 1. The van der Waals surface area contributed by atoms with Crippen molar-refractivity contribution in [3.05, 3.63) is 24.0 Å². The predicted octanol–water partition coefficient (Wildman–Crippen LogP) is 3.30. The lowest BCUT2D eigenvalue weighted by Gasteiger charge is -2.02. The maximum absolute atomic E-state index is 12.8. The number of benzene rings is 1. The van der Waals surface area contributed by atoms with E-state index in [0.29, 0.717) is 5.69 Å². The summed E-state index contributed by atoms with van der Waals surface area (Å²) in [6.45, 7) is 2.14. The molecule has 1 aromatic rings. The summed E-state index contributed by atoms with van der Waals surface area (Å²) in [6, 6.07) is 4.67. The van der Waals surface area contributed by atoms with Crippen LogP contribution in [0.15, 0.2) is 23.1 Å². The van der Waals surface area contributed by atoms with Crippen LogP contribution in [-0.2, 0) is 0 Å². The number of rotatable bonds is 4. The minimum absolute atomic E-state index is 0.251. The minimum Gasteiger partial charge on any atom is -0.399 e. The molecular formula is C10H14FNS. The van der Waals surface area contributed by atoms with Gasteiger partial charge in [-0.25, -0.2) is 4.39 Å². The standard InChI is InChI=1S/C10H14FNS/c1-2-3-4-13-10-6-8(11)5-9(12)7-10/h5-7H,2-4,12H2,1H3. The van der Waals surface area contributed by atoms with Gasteiger partial charge in [0.25, 0.3) is 0 Å². The first-order valence-corrected chi connectivity index (χ1v) is 5.40. The first-order valence-electron chi connectivity index (χ1n) is 4.41. The third kappa shape index (κ3) is 3.68. The number of hydrogen-bond acceptors (Lipinski definition) is 2. The van der Waals surface area contributed by atoms with Crippen molar-refractivity contribution in [3.8, 4) is 0 Å². The van der Waals surface area contributed by atoms with Crippen LogP contribution in [-0.4, -0.2) is 5.75 Å². The summed E-state index contributed by atoms with van der Waals surface area (Å²) >= 11 is 1.65. The van der Waals surface area contributed by atoms with E-state index >= 15 is 0 Å². The molecule has 2 N–H and O–H groups in total. The maximum atomic E-state index is 12.8. The summed E-state index contributed by atoms with van der Waals surface area (Å²) in [5.74, 6) is 0.776. The molecule has 13 heavy (non-hydrogen) atoms. The van der Waals surface area contributed by atoms with Gasteiger partial charge < -0.3 is 5.73 Å². The fourth-order valence-electron chi connectivity index (χ4n) is 1.00. The predicted molar refractivity (Wildman–Crippen MR) is 56.4 cm³/mol. The zero-order valence-corrected chi connectivity index (χ0v) is 8.53. The number of anilines is 1. The van der Waals surface area contributed by atoms with Gasteiger partial charge in [-0.15, -0.1) is 11.8 Å². The van der Waals surface area contributed by atoms with Gasteiger partial charge in [-0.1, -0.05) is 13.3 Å². The average Bonchev–Trinajstić information content (AvgIpc) is 2.03. The molecule has 0 fully saturated rings. The fourth-order valence-corrected chi connectivity index (χ4v) is 2.09. The second-order valence-corrected chi connectivity index (χ2v) is 4.09. The summed E-state index contributed by atoms with van der Waals surface area (Å²) in [4.78, 5) is 0.922. The number of nitrogen functional groups attached to an aromatic ring is 1. The number of halogens is 1. The van der Waals surface area contributed by atoms with Gasteiger partial charge in [0.15, 0.2) is 0 Å². The lowest BCUT2D eigenvalue weighted by molar-refractivity contribution is 0.625. The van der Waals surface area contributed by atoms with Crippen LogP contribution >= 0.6 is 11.8 Å². The van der Waals surface area contributed by atoms with Crippen LogP contribution in [0.4, 0.5) is 10.1 Å². The topological polar surface area (TPSA) is 26.0 Å². The second-order valence-electron chi connectivity index (χ2n) is 2.92. The lowest BCUT2D eigenvalue weighted by atomic mass is 10.3. The molecule has 1 nitrogen and oxygen atoms in total. The Hall–Kier alpha value is -0.700. The monoisotopic (exact) mass is 199 g/mol. The van der Waals surface area contributed by atoms with E-state index in [1.807, 2.05) is 6.07 Å². The van der Waals surface area contributed by atoms with Crippen molar-refractivity contribution in [2.45, 2.75) is 24.7 Å². The molecule has 0 aromatic heterocycles. The Morgan fingerprint density at radius 1 is 1.38 bits per heavy atom. The molecule has 0 aliphatic carbocycles. The molecule has 0 saturated carbocycles. The second kappa shape index (κ2) is 5.12. The smallest absolute Gasteiger partial charge is 0.126 e. The lowest BCUT2D eigenvalue weighted by Crippen LogP contribution is -1.87. The highest BCUT2D eigenvalue weighted by atomic mass is 32.2. The van der Waals surface area contributed by atoms with Crippen LogP contribution in [0, 0.1) is 5.82 Å². The summed E-state index contributed by atoms with van der Waals surface area (Å²) in [7, 11) is 0. The van der Waals surface area contributed by atoms with Crippen LogP contribution in [0.1, 0.15) is 19.8 Å². The fraction of sp³-hybridized carbons (Fsp3) is 0.400. The highest BCUT2D eigenvalue weighted by molar-refractivity contribution is 7.99. The van der Waals surface area contributed by atoms with Crippen molar-refractivity contribution in [3.63, 3.8) is 0 Å².